The van der Waals surface area contributed by atoms with Gasteiger partial charge in [0.1, 0.15) is 6.04 Å². The van der Waals surface area contributed by atoms with E-state index in [1.165, 1.54) is 0 Å². The minimum Gasteiger partial charge on any atom is -0.393 e. The standard InChI is InChI=1S/C33H39N7O3/c1-22(41)18-19-34-33(2,3)20-30(42)35-28-17-16-25-8-4-7-11-29(25)40(32(28)43)21-23-12-14-24(15-13-23)26-9-5-6-10-27(26)31-36-38-39-37-31/h4-15,22,28,34,41H,16-21H2,1-3H3,(H,35,42)(H,36,37,38,39)/t22-,28+/m0/s1. The monoisotopic (exact) mass is 581 g/mol. The fraction of sp³-hybridized carbons (Fsp3) is 0.364. The average Bonchev–Trinajstić information content (AvgIpc) is 3.49. The maximum absolute atomic E-state index is 14.0. The van der Waals surface area contributed by atoms with Crippen molar-refractivity contribution < 1.29 is 14.7 Å². The molecule has 0 aliphatic carbocycles. The lowest BCUT2D eigenvalue weighted by atomic mass is 9.98. The van der Waals surface area contributed by atoms with Crippen LogP contribution in [-0.4, -0.2) is 61.8 Å². The molecule has 10 heteroatoms. The molecule has 1 aliphatic heterocycles. The maximum Gasteiger partial charge on any atom is 0.249 e. The summed E-state index contributed by atoms with van der Waals surface area (Å²) in [5, 5.41) is 30.4. The Morgan fingerprint density at radius 3 is 2.51 bits per heavy atom. The predicted octanol–water partition coefficient (Wildman–Crippen LogP) is 4.03. The minimum atomic E-state index is -0.630. The zero-order chi connectivity index (χ0) is 30.4. The van der Waals surface area contributed by atoms with Gasteiger partial charge in [0.05, 0.1) is 12.6 Å². The van der Waals surface area contributed by atoms with Crippen LogP contribution in [0.1, 0.15) is 51.2 Å². The number of nitrogens with one attached hydrogen (secondary N) is 3. The van der Waals surface area contributed by atoms with E-state index in [0.717, 1.165) is 33.5 Å². The van der Waals surface area contributed by atoms with Crippen LogP contribution < -0.4 is 15.5 Å². The number of hydrogen-bond donors (Lipinski definition) is 4. The molecule has 43 heavy (non-hydrogen) atoms. The Morgan fingerprint density at radius 1 is 1.07 bits per heavy atom. The molecular weight excluding hydrogens is 542 g/mol. The highest BCUT2D eigenvalue weighted by atomic mass is 16.3. The molecule has 224 valence electrons. The van der Waals surface area contributed by atoms with Crippen LogP contribution in [0.4, 0.5) is 5.69 Å². The van der Waals surface area contributed by atoms with Crippen LogP contribution in [0.2, 0.25) is 0 Å². The van der Waals surface area contributed by atoms with Crippen molar-refractivity contribution >= 4 is 17.5 Å². The second-order valence-electron chi connectivity index (χ2n) is 11.8. The molecule has 0 radical (unpaired) electrons. The number of aliphatic hydroxyl groups is 1. The molecule has 4 aromatic rings. The molecule has 1 aromatic heterocycles. The summed E-state index contributed by atoms with van der Waals surface area (Å²) in [5.74, 6) is 0.228. The van der Waals surface area contributed by atoms with E-state index in [4.69, 9.17) is 0 Å². The number of aryl methyl sites for hydroxylation is 1. The lowest BCUT2D eigenvalue weighted by Crippen LogP contribution is -2.51. The molecule has 5 rings (SSSR count). The number of aromatic nitrogens is 4. The number of H-pyrrole nitrogens is 1. The van der Waals surface area contributed by atoms with Gasteiger partial charge in [-0.05, 0) is 80.1 Å². The first-order chi connectivity index (χ1) is 20.7. The highest BCUT2D eigenvalue weighted by Crippen LogP contribution is 2.32. The van der Waals surface area contributed by atoms with E-state index in [2.05, 4.69) is 31.3 Å². The fourth-order valence-electron chi connectivity index (χ4n) is 5.52. The Morgan fingerprint density at radius 2 is 1.79 bits per heavy atom. The molecule has 4 N–H and O–H groups in total. The van der Waals surface area contributed by atoms with Crippen LogP contribution in [0.25, 0.3) is 22.5 Å². The number of tetrazole rings is 1. The Bertz CT molecular complexity index is 1530. The molecule has 2 amide bonds. The van der Waals surface area contributed by atoms with Gasteiger partial charge >= 0.3 is 0 Å². The summed E-state index contributed by atoms with van der Waals surface area (Å²) < 4.78 is 0. The van der Waals surface area contributed by atoms with Crippen molar-refractivity contribution in [1.29, 1.82) is 0 Å². The van der Waals surface area contributed by atoms with Gasteiger partial charge in [-0.1, -0.05) is 66.7 Å². The van der Waals surface area contributed by atoms with Crippen LogP contribution in [-0.2, 0) is 22.6 Å². The summed E-state index contributed by atoms with van der Waals surface area (Å²) in [6, 6.07) is 23.3. The molecule has 10 nitrogen and oxygen atoms in total. The van der Waals surface area contributed by atoms with Gasteiger partial charge in [0, 0.05) is 23.2 Å². The second-order valence-corrected chi connectivity index (χ2v) is 11.8. The number of benzene rings is 3. The van der Waals surface area contributed by atoms with Crippen molar-refractivity contribution in [1.82, 2.24) is 31.3 Å². The molecular formula is C33H39N7O3. The quantitative estimate of drug-likeness (QED) is 0.210. The Kier molecular flexibility index (Phi) is 9.27. The molecule has 3 aromatic carbocycles. The van der Waals surface area contributed by atoms with E-state index in [9.17, 15) is 14.7 Å². The number of carbonyl (C=O) groups is 2. The first-order valence-electron chi connectivity index (χ1n) is 14.7. The largest absolute Gasteiger partial charge is 0.393 e. The number of carbonyl (C=O) groups excluding carboxylic acids is 2. The van der Waals surface area contributed by atoms with Gasteiger partial charge in [-0.2, -0.15) is 5.21 Å². The topological polar surface area (TPSA) is 136 Å². The average molecular weight is 582 g/mol. The predicted molar refractivity (Wildman–Crippen MR) is 166 cm³/mol. The Hall–Kier alpha value is -4.41. The Labute approximate surface area is 251 Å². The molecule has 1 aliphatic rings. The lowest BCUT2D eigenvalue weighted by Gasteiger charge is -2.29. The van der Waals surface area contributed by atoms with E-state index < -0.39 is 17.7 Å². The summed E-state index contributed by atoms with van der Waals surface area (Å²) in [6.07, 6.45) is 1.63. The Balaban J connectivity index is 1.32. The third-order valence-electron chi connectivity index (χ3n) is 7.77. The van der Waals surface area contributed by atoms with E-state index in [-0.39, 0.29) is 18.2 Å². The number of nitrogens with zero attached hydrogens (tertiary/aromatic N) is 4. The molecule has 0 spiro atoms. The van der Waals surface area contributed by atoms with Crippen molar-refractivity contribution in [2.75, 3.05) is 11.4 Å². The molecule has 0 saturated heterocycles. The number of aromatic amines is 1. The molecule has 2 heterocycles. The van der Waals surface area contributed by atoms with Gasteiger partial charge in [0.25, 0.3) is 0 Å². The SMILES string of the molecule is C[C@H](O)CCNC(C)(C)CC(=O)N[C@@H]1CCc2ccccc2N(Cc2ccc(-c3ccccc3-c3nn[nH]n3)cc2)C1=O. The van der Waals surface area contributed by atoms with Crippen molar-refractivity contribution in [3.63, 3.8) is 0 Å². The zero-order valence-electron chi connectivity index (χ0n) is 24.9. The van der Waals surface area contributed by atoms with Gasteiger partial charge in [0.15, 0.2) is 0 Å². The molecule has 0 fully saturated rings. The molecule has 0 bridgehead atoms. The van der Waals surface area contributed by atoms with Crippen LogP contribution >= 0.6 is 0 Å². The second kappa shape index (κ2) is 13.3. The van der Waals surface area contributed by atoms with Gasteiger partial charge in [-0.3, -0.25) is 9.59 Å². The van der Waals surface area contributed by atoms with Crippen molar-refractivity contribution in [3.05, 3.63) is 83.9 Å². The number of aliphatic hydroxyl groups excluding tert-OH is 1. The summed E-state index contributed by atoms with van der Waals surface area (Å²) >= 11 is 0. The first kappa shape index (κ1) is 30.1. The maximum atomic E-state index is 14.0. The zero-order valence-corrected chi connectivity index (χ0v) is 24.9. The third-order valence-corrected chi connectivity index (χ3v) is 7.77. The third kappa shape index (κ3) is 7.52. The summed E-state index contributed by atoms with van der Waals surface area (Å²) in [6.45, 7) is 6.63. The molecule has 0 unspecified atom stereocenters. The lowest BCUT2D eigenvalue weighted by molar-refractivity contribution is -0.128. The van der Waals surface area contributed by atoms with E-state index in [0.29, 0.717) is 38.2 Å². The number of hydrogen-bond acceptors (Lipinski definition) is 7. The van der Waals surface area contributed by atoms with Crippen LogP contribution in [0.5, 0.6) is 0 Å². The highest BCUT2D eigenvalue weighted by Gasteiger charge is 2.32. The van der Waals surface area contributed by atoms with Crippen LogP contribution in [0, 0.1) is 0 Å². The van der Waals surface area contributed by atoms with E-state index in [1.807, 2.05) is 86.6 Å². The van der Waals surface area contributed by atoms with Gasteiger partial charge in [-0.25, -0.2) is 0 Å². The van der Waals surface area contributed by atoms with Crippen LogP contribution in [0.3, 0.4) is 0 Å². The van der Waals surface area contributed by atoms with Gasteiger partial charge in [0.2, 0.25) is 17.6 Å². The fourth-order valence-corrected chi connectivity index (χ4v) is 5.52. The van der Waals surface area contributed by atoms with Crippen molar-refractivity contribution in [3.8, 4) is 22.5 Å². The van der Waals surface area contributed by atoms with Gasteiger partial charge < -0.3 is 20.6 Å². The normalized spacial score (nSPS) is 16.0. The van der Waals surface area contributed by atoms with Crippen molar-refractivity contribution in [2.45, 2.75) is 70.7 Å². The van der Waals surface area contributed by atoms with Crippen molar-refractivity contribution in [2.24, 2.45) is 0 Å². The number of anilines is 1. The number of fused-ring (bicyclic) bond motifs is 1. The number of rotatable bonds is 11. The summed E-state index contributed by atoms with van der Waals surface area (Å²) in [5.41, 5.74) is 5.31. The summed E-state index contributed by atoms with van der Waals surface area (Å²) in [4.78, 5) is 28.9. The van der Waals surface area contributed by atoms with Crippen LogP contribution in [0.15, 0.2) is 72.8 Å². The number of para-hydroxylation sites is 1. The molecule has 0 saturated carbocycles. The summed E-state index contributed by atoms with van der Waals surface area (Å²) in [7, 11) is 0. The number of amides is 2. The highest BCUT2D eigenvalue weighted by molar-refractivity contribution is 6.00. The van der Waals surface area contributed by atoms with E-state index in [1.54, 1.807) is 11.8 Å². The van der Waals surface area contributed by atoms with E-state index >= 15 is 0 Å². The smallest absolute Gasteiger partial charge is 0.249 e. The molecule has 2 atom stereocenters. The first-order valence-corrected chi connectivity index (χ1v) is 14.7. The van der Waals surface area contributed by atoms with Gasteiger partial charge in [-0.15, -0.1) is 10.2 Å². The minimum absolute atomic E-state index is 0.121.